The van der Waals surface area contributed by atoms with E-state index in [9.17, 15) is 28.2 Å². The number of hydrogen-bond donors (Lipinski definition) is 2. The van der Waals surface area contributed by atoms with E-state index in [1.54, 1.807) is 11.6 Å². The van der Waals surface area contributed by atoms with Gasteiger partial charge in [-0.1, -0.05) is 0 Å². The van der Waals surface area contributed by atoms with Crippen molar-refractivity contribution in [3.8, 4) is 17.0 Å². The van der Waals surface area contributed by atoms with Crippen LogP contribution in [0, 0.1) is 12.8 Å². The average Bonchev–Trinajstić information content (AvgIpc) is 3.41. The summed E-state index contributed by atoms with van der Waals surface area (Å²) in [4.78, 5) is 23.1. The Kier molecular flexibility index (Phi) is 5.27. The van der Waals surface area contributed by atoms with Crippen molar-refractivity contribution in [1.29, 1.82) is 0 Å². The molecule has 0 bridgehead atoms. The fraction of sp³-hybridized carbons (Fsp3) is 0.478. The van der Waals surface area contributed by atoms with E-state index in [0.717, 1.165) is 18.9 Å². The highest BCUT2D eigenvalue weighted by Gasteiger charge is 2.40. The van der Waals surface area contributed by atoms with Gasteiger partial charge in [0.25, 0.3) is 0 Å². The number of aliphatic hydroxyl groups excluding tert-OH is 1. The van der Waals surface area contributed by atoms with Crippen LogP contribution in [0.3, 0.4) is 0 Å². The second-order valence-corrected chi connectivity index (χ2v) is 9.20. The second kappa shape index (κ2) is 7.93. The maximum atomic E-state index is 13.1. The Labute approximate surface area is 193 Å². The number of aliphatic hydroxyl groups is 1. The predicted molar refractivity (Wildman–Crippen MR) is 116 cm³/mol. The highest BCUT2D eigenvalue weighted by Crippen LogP contribution is 2.39. The minimum atomic E-state index is -4.59. The topological polar surface area (TPSA) is 104 Å². The second-order valence-electron chi connectivity index (χ2n) is 9.20. The fourth-order valence-electron chi connectivity index (χ4n) is 4.77. The van der Waals surface area contributed by atoms with Crippen LogP contribution in [0.1, 0.15) is 49.1 Å². The summed E-state index contributed by atoms with van der Waals surface area (Å²) >= 11 is 0. The molecule has 1 aliphatic heterocycles. The molecule has 11 heteroatoms. The molecule has 5 rings (SSSR count). The first-order chi connectivity index (χ1) is 16.0. The van der Waals surface area contributed by atoms with E-state index in [4.69, 9.17) is 0 Å². The number of aromatic nitrogens is 4. The van der Waals surface area contributed by atoms with Crippen LogP contribution >= 0.6 is 0 Å². The third-order valence-electron chi connectivity index (χ3n) is 6.44. The lowest BCUT2D eigenvalue weighted by Gasteiger charge is -2.16. The van der Waals surface area contributed by atoms with Gasteiger partial charge < -0.3 is 15.1 Å². The first kappa shape index (κ1) is 22.6. The summed E-state index contributed by atoms with van der Waals surface area (Å²) in [6, 6.07) is 1.95. The molecule has 34 heavy (non-hydrogen) atoms. The number of benzene rings is 1. The summed E-state index contributed by atoms with van der Waals surface area (Å²) in [5, 5.41) is 25.2. The number of phenolic OH excluding ortho intramolecular Hbond substituents is 1. The molecular weight excluding hydrogens is 451 g/mol. The van der Waals surface area contributed by atoms with Gasteiger partial charge in [0, 0.05) is 37.0 Å². The number of carbonyl (C=O) groups is 1. The highest BCUT2D eigenvalue weighted by atomic mass is 19.4. The number of halogens is 3. The zero-order chi connectivity index (χ0) is 24.4. The number of alkyl halides is 3. The number of phenols is 1. The number of likely N-dealkylation sites (tertiary alicyclic amines) is 1. The van der Waals surface area contributed by atoms with E-state index in [1.807, 2.05) is 4.90 Å². The van der Waals surface area contributed by atoms with Crippen LogP contribution in [-0.2, 0) is 17.5 Å². The molecule has 3 heterocycles. The zero-order valence-electron chi connectivity index (χ0n) is 18.7. The summed E-state index contributed by atoms with van der Waals surface area (Å²) in [6.07, 6.45) is -1.65. The molecule has 0 radical (unpaired) electrons. The number of amides is 1. The minimum Gasteiger partial charge on any atom is -0.507 e. The molecule has 2 N–H and O–H groups in total. The van der Waals surface area contributed by atoms with Gasteiger partial charge >= 0.3 is 6.18 Å². The van der Waals surface area contributed by atoms with E-state index in [-0.39, 0.29) is 34.3 Å². The molecule has 1 saturated carbocycles. The largest absolute Gasteiger partial charge is 0.507 e. The van der Waals surface area contributed by atoms with Crippen LogP contribution < -0.4 is 0 Å². The van der Waals surface area contributed by atoms with Gasteiger partial charge in [-0.2, -0.15) is 18.3 Å². The number of carbonyl (C=O) groups excluding carboxylic acids is 1. The van der Waals surface area contributed by atoms with Crippen molar-refractivity contribution >= 4 is 17.1 Å². The monoisotopic (exact) mass is 475 g/mol. The number of aryl methyl sites for hydroxylation is 1. The van der Waals surface area contributed by atoms with Crippen molar-refractivity contribution in [2.45, 2.75) is 58.0 Å². The smallest absolute Gasteiger partial charge is 0.416 e. The number of aromatic hydroxyl groups is 1. The lowest BCUT2D eigenvalue weighted by molar-refractivity contribution is -0.137. The minimum absolute atomic E-state index is 0.0422. The number of rotatable bonds is 5. The van der Waals surface area contributed by atoms with Gasteiger partial charge in [-0.25, -0.2) is 9.97 Å². The molecule has 2 aromatic heterocycles. The van der Waals surface area contributed by atoms with Crippen molar-refractivity contribution in [3.05, 3.63) is 35.2 Å². The van der Waals surface area contributed by atoms with Gasteiger partial charge in [0.2, 0.25) is 11.6 Å². The van der Waals surface area contributed by atoms with Crippen molar-refractivity contribution in [3.63, 3.8) is 0 Å². The van der Waals surface area contributed by atoms with Gasteiger partial charge in [-0.05, 0) is 44.4 Å². The van der Waals surface area contributed by atoms with Crippen molar-refractivity contribution in [2.24, 2.45) is 5.92 Å². The quantitative estimate of drug-likeness (QED) is 0.585. The van der Waals surface area contributed by atoms with Gasteiger partial charge in [0.15, 0.2) is 0 Å². The standard InChI is InChI=1S/C23H24F3N5O3/c1-11-5-14(23(24,25)26)7-17(33)19(11)16-8-27-20-21(12(2)32)31(29-22(20)28-16)10-13-6-18(34)30(9-13)15-3-4-15/h5,7-8,12-13,15,32-33H,3-4,6,9-10H2,1-2H3. The summed E-state index contributed by atoms with van der Waals surface area (Å²) in [5.74, 6) is -0.379. The van der Waals surface area contributed by atoms with E-state index in [0.29, 0.717) is 42.8 Å². The summed E-state index contributed by atoms with van der Waals surface area (Å²) in [7, 11) is 0. The summed E-state index contributed by atoms with van der Waals surface area (Å²) in [5.41, 5.74) is 0.584. The van der Waals surface area contributed by atoms with Crippen LogP contribution in [0.4, 0.5) is 13.2 Å². The van der Waals surface area contributed by atoms with Gasteiger partial charge in [0.1, 0.15) is 11.3 Å². The SMILES string of the molecule is Cc1cc(C(F)(F)F)cc(O)c1-c1cnc2c(C(C)O)n(CC3CC(=O)N(C4CC4)C3)nc2n1. The normalized spacial score (nSPS) is 19.9. The van der Waals surface area contributed by atoms with E-state index in [2.05, 4.69) is 15.1 Å². The van der Waals surface area contributed by atoms with Crippen molar-refractivity contribution < 1.29 is 28.2 Å². The maximum Gasteiger partial charge on any atom is 0.416 e. The molecule has 1 amide bonds. The van der Waals surface area contributed by atoms with Crippen molar-refractivity contribution in [2.75, 3.05) is 6.54 Å². The predicted octanol–water partition coefficient (Wildman–Crippen LogP) is 3.59. The Morgan fingerprint density at radius 3 is 2.62 bits per heavy atom. The van der Waals surface area contributed by atoms with Crippen LogP contribution in [0.25, 0.3) is 22.4 Å². The molecule has 2 aliphatic rings. The van der Waals surface area contributed by atoms with Gasteiger partial charge in [-0.15, -0.1) is 0 Å². The third-order valence-corrected chi connectivity index (χ3v) is 6.44. The fourth-order valence-corrected chi connectivity index (χ4v) is 4.77. The Bertz CT molecular complexity index is 1260. The van der Waals surface area contributed by atoms with E-state index >= 15 is 0 Å². The molecule has 2 unspecified atom stereocenters. The van der Waals surface area contributed by atoms with Crippen molar-refractivity contribution in [1.82, 2.24) is 24.6 Å². The lowest BCUT2D eigenvalue weighted by atomic mass is 10.0. The molecule has 1 aliphatic carbocycles. The zero-order valence-corrected chi connectivity index (χ0v) is 18.7. The van der Waals surface area contributed by atoms with Crippen LogP contribution in [-0.4, -0.2) is 53.4 Å². The molecule has 2 fully saturated rings. The van der Waals surface area contributed by atoms with Crippen LogP contribution in [0.2, 0.25) is 0 Å². The molecule has 0 spiro atoms. The molecule has 2 atom stereocenters. The summed E-state index contributed by atoms with van der Waals surface area (Å²) in [6.45, 7) is 4.10. The Hall–Kier alpha value is -3.21. The van der Waals surface area contributed by atoms with E-state index in [1.165, 1.54) is 13.1 Å². The average molecular weight is 475 g/mol. The first-order valence-electron chi connectivity index (χ1n) is 11.1. The Morgan fingerprint density at radius 2 is 2.00 bits per heavy atom. The van der Waals surface area contributed by atoms with Crippen LogP contribution in [0.5, 0.6) is 5.75 Å². The molecular formula is C23H24F3N5O3. The first-order valence-corrected chi connectivity index (χ1v) is 11.1. The molecule has 1 aromatic carbocycles. The number of nitrogens with zero attached hydrogens (tertiary/aromatic N) is 5. The highest BCUT2D eigenvalue weighted by molar-refractivity contribution is 5.80. The third kappa shape index (κ3) is 3.97. The number of fused-ring (bicyclic) bond motifs is 1. The molecule has 3 aromatic rings. The maximum absolute atomic E-state index is 13.1. The Balaban J connectivity index is 1.50. The molecule has 1 saturated heterocycles. The van der Waals surface area contributed by atoms with Crippen LogP contribution in [0.15, 0.2) is 18.3 Å². The Morgan fingerprint density at radius 1 is 1.26 bits per heavy atom. The summed E-state index contributed by atoms with van der Waals surface area (Å²) < 4.78 is 40.8. The molecule has 180 valence electrons. The molecule has 8 nitrogen and oxygen atoms in total. The van der Waals surface area contributed by atoms with Gasteiger partial charge in [0.05, 0.1) is 29.3 Å². The van der Waals surface area contributed by atoms with Gasteiger partial charge in [-0.3, -0.25) is 9.48 Å². The van der Waals surface area contributed by atoms with E-state index < -0.39 is 23.6 Å². The number of hydrogen-bond acceptors (Lipinski definition) is 6. The lowest BCUT2D eigenvalue weighted by Crippen LogP contribution is -2.28.